The number of nitrogen functional groups attached to an aromatic ring is 1. The van der Waals surface area contributed by atoms with Crippen molar-refractivity contribution in [2.75, 3.05) is 22.3 Å². The Morgan fingerprint density at radius 3 is 2.50 bits per heavy atom. The van der Waals surface area contributed by atoms with E-state index in [4.69, 9.17) is 23.1 Å². The summed E-state index contributed by atoms with van der Waals surface area (Å²) in [5.41, 5.74) is 16.2. The van der Waals surface area contributed by atoms with Crippen molar-refractivity contribution in [2.45, 2.75) is 31.1 Å². The first-order chi connectivity index (χ1) is 18.2. The number of carbonyl (C=O) groups is 2. The number of nitrogens with two attached hydrogens (primary N) is 2. The molecule has 4 rings (SSSR count). The fourth-order valence-electron chi connectivity index (χ4n) is 4.15. The van der Waals surface area contributed by atoms with E-state index in [1.807, 2.05) is 31.2 Å². The van der Waals surface area contributed by atoms with Gasteiger partial charge in [-0.15, -0.1) is 0 Å². The number of anilines is 3. The van der Waals surface area contributed by atoms with Gasteiger partial charge in [-0.3, -0.25) is 13.8 Å². The van der Waals surface area contributed by atoms with Gasteiger partial charge in [0, 0.05) is 38.9 Å². The molecule has 0 spiro atoms. The highest BCUT2D eigenvalue weighted by Crippen LogP contribution is 2.35. The minimum absolute atomic E-state index is 0.210. The number of carbonyl (C=O) groups excluding carboxylic acids is 2. The third-order valence-corrected chi connectivity index (χ3v) is 7.38. The van der Waals surface area contributed by atoms with Crippen LogP contribution in [-0.2, 0) is 22.0 Å². The van der Waals surface area contributed by atoms with E-state index >= 15 is 0 Å². The van der Waals surface area contributed by atoms with Gasteiger partial charge in [0.15, 0.2) is 0 Å². The summed E-state index contributed by atoms with van der Waals surface area (Å²) in [7, 11) is -1.14. The lowest BCUT2D eigenvalue weighted by Crippen LogP contribution is -2.27. The predicted octanol–water partition coefficient (Wildman–Crippen LogP) is 4.96. The number of aryl methyl sites for hydroxylation is 1. The summed E-state index contributed by atoms with van der Waals surface area (Å²) >= 11 is 6.22. The van der Waals surface area contributed by atoms with Crippen molar-refractivity contribution < 1.29 is 13.8 Å². The molecule has 2 amide bonds. The predicted molar refractivity (Wildman–Crippen MR) is 155 cm³/mol. The monoisotopic (exact) mass is 549 g/mol. The van der Waals surface area contributed by atoms with Crippen molar-refractivity contribution in [3.63, 3.8) is 0 Å². The number of benzene rings is 3. The Bertz CT molecular complexity index is 1480. The quantitative estimate of drug-likeness (QED) is 0.208. The average molecular weight is 550 g/mol. The Hall–Kier alpha value is -3.95. The molecule has 0 bridgehead atoms. The first-order valence-electron chi connectivity index (χ1n) is 12.0. The molecule has 0 heterocycles. The zero-order valence-corrected chi connectivity index (χ0v) is 22.6. The zero-order chi connectivity index (χ0) is 27.4. The van der Waals surface area contributed by atoms with Crippen LogP contribution < -0.4 is 21.8 Å². The summed E-state index contributed by atoms with van der Waals surface area (Å²) in [6.45, 7) is 1.81. The van der Waals surface area contributed by atoms with E-state index in [0.717, 1.165) is 29.7 Å². The Morgan fingerprint density at radius 1 is 1.11 bits per heavy atom. The molecule has 3 aromatic rings. The number of nitrogens with one attached hydrogen (secondary N) is 1. The molecule has 8 nitrogen and oxygen atoms in total. The van der Waals surface area contributed by atoms with Crippen molar-refractivity contribution in [1.82, 2.24) is 0 Å². The lowest BCUT2D eigenvalue weighted by molar-refractivity contribution is -0.112. The Morgan fingerprint density at radius 2 is 1.84 bits per heavy atom. The third-order valence-electron chi connectivity index (χ3n) is 6.11. The normalized spacial score (nSPS) is 13.8. The van der Waals surface area contributed by atoms with Gasteiger partial charge < -0.3 is 16.8 Å². The molecule has 5 N–H and O–H groups in total. The fraction of sp³-hybridized carbons (Fsp3) is 0.179. The van der Waals surface area contributed by atoms with Crippen LogP contribution in [0, 0.1) is 0 Å². The van der Waals surface area contributed by atoms with Crippen LogP contribution in [0.2, 0.25) is 5.02 Å². The Labute approximate surface area is 228 Å². The molecule has 0 radical (unpaired) electrons. The van der Waals surface area contributed by atoms with Crippen LogP contribution in [0.25, 0.3) is 5.70 Å². The Balaban J connectivity index is 1.76. The highest BCUT2D eigenvalue weighted by atomic mass is 35.5. The van der Waals surface area contributed by atoms with Crippen LogP contribution in [0.15, 0.2) is 76.7 Å². The minimum atomic E-state index is -1.14. The summed E-state index contributed by atoms with van der Waals surface area (Å²) in [5, 5.41) is 9.50. The lowest BCUT2D eigenvalue weighted by Gasteiger charge is -2.28. The number of rotatable bonds is 8. The summed E-state index contributed by atoms with van der Waals surface area (Å²) in [5.74, 6) is -0.996. The van der Waals surface area contributed by atoms with E-state index in [2.05, 4.69) is 10.4 Å². The molecule has 0 saturated heterocycles. The van der Waals surface area contributed by atoms with Gasteiger partial charge in [-0.25, -0.2) is 5.01 Å². The molecule has 10 heteroatoms. The van der Waals surface area contributed by atoms with E-state index < -0.39 is 16.7 Å². The number of primary amides is 1. The maximum absolute atomic E-state index is 13.0. The van der Waals surface area contributed by atoms with Gasteiger partial charge in [-0.1, -0.05) is 30.7 Å². The molecular formula is C28H28ClN5O3S. The van der Waals surface area contributed by atoms with Gasteiger partial charge in [-0.05, 0) is 79.4 Å². The topological polar surface area (TPSA) is 131 Å². The summed E-state index contributed by atoms with van der Waals surface area (Å²) < 4.78 is 11.9. The second-order valence-electron chi connectivity index (χ2n) is 8.72. The molecule has 3 aromatic carbocycles. The second-order valence-corrected chi connectivity index (χ2v) is 10.5. The standard InChI is InChI=1S/C28H28ClN5O3S/c1-3-25(27(31)35)33-34(20-10-12-21(13-11-20)38(2)37)26-6-4-5-17-7-9-19(16-22(17)26)32-28(36)23-15-18(30)8-14-24(23)29/h6-16H,3-5,30H2,1-2H3,(H2,31,35)(H,32,36)/b33-25+. The molecule has 1 aliphatic rings. The zero-order valence-electron chi connectivity index (χ0n) is 21.0. The van der Waals surface area contributed by atoms with Crippen LogP contribution in [0.4, 0.5) is 17.1 Å². The third kappa shape index (κ3) is 5.95. The van der Waals surface area contributed by atoms with Crippen LogP contribution in [0.5, 0.6) is 0 Å². The van der Waals surface area contributed by atoms with Gasteiger partial charge in [0.05, 0.1) is 22.0 Å². The largest absolute Gasteiger partial charge is 0.399 e. The number of hydrogen-bond acceptors (Lipinski definition) is 6. The van der Waals surface area contributed by atoms with Gasteiger partial charge in [0.1, 0.15) is 5.71 Å². The van der Waals surface area contributed by atoms with E-state index in [-0.39, 0.29) is 17.2 Å². The molecule has 0 saturated carbocycles. The minimum Gasteiger partial charge on any atom is -0.399 e. The molecule has 196 valence electrons. The molecule has 1 unspecified atom stereocenters. The van der Waals surface area contributed by atoms with E-state index in [9.17, 15) is 13.8 Å². The summed E-state index contributed by atoms with van der Waals surface area (Å²) in [4.78, 5) is 25.7. The van der Waals surface area contributed by atoms with Gasteiger partial charge in [0.25, 0.3) is 11.8 Å². The molecule has 1 atom stereocenters. The van der Waals surface area contributed by atoms with Crippen molar-refractivity contribution in [1.29, 1.82) is 0 Å². The number of hydrogen-bond donors (Lipinski definition) is 3. The van der Waals surface area contributed by atoms with E-state index in [0.29, 0.717) is 33.4 Å². The second kappa shape index (κ2) is 11.6. The number of allylic oxidation sites excluding steroid dienone is 1. The number of nitrogens with zero attached hydrogens (tertiary/aromatic N) is 2. The smallest absolute Gasteiger partial charge is 0.264 e. The average Bonchev–Trinajstić information content (AvgIpc) is 2.90. The van der Waals surface area contributed by atoms with Crippen molar-refractivity contribution in [3.05, 3.63) is 88.5 Å². The molecule has 38 heavy (non-hydrogen) atoms. The van der Waals surface area contributed by atoms with Crippen LogP contribution >= 0.6 is 11.6 Å². The lowest BCUT2D eigenvalue weighted by atomic mass is 9.93. The van der Waals surface area contributed by atoms with Gasteiger partial charge in [0.2, 0.25) is 0 Å². The first-order valence-corrected chi connectivity index (χ1v) is 13.9. The molecule has 0 fully saturated rings. The van der Waals surface area contributed by atoms with Crippen molar-refractivity contribution in [3.8, 4) is 0 Å². The SMILES string of the molecule is CC/C(=N\N(C1=CCCc2ccc(NC(=O)c3cc(N)ccc3Cl)cc21)c1ccc(S(C)=O)cc1)C(N)=O. The van der Waals surface area contributed by atoms with Crippen molar-refractivity contribution in [2.24, 2.45) is 10.8 Å². The van der Waals surface area contributed by atoms with Gasteiger partial charge >= 0.3 is 0 Å². The highest BCUT2D eigenvalue weighted by Gasteiger charge is 2.22. The van der Waals surface area contributed by atoms with Crippen LogP contribution in [-0.4, -0.2) is 28.0 Å². The fourth-order valence-corrected chi connectivity index (χ4v) is 4.87. The van der Waals surface area contributed by atoms with Crippen LogP contribution in [0.1, 0.15) is 41.3 Å². The van der Waals surface area contributed by atoms with Crippen LogP contribution in [0.3, 0.4) is 0 Å². The maximum atomic E-state index is 13.0. The first kappa shape index (κ1) is 27.1. The molecule has 0 aliphatic heterocycles. The molecular weight excluding hydrogens is 522 g/mol. The van der Waals surface area contributed by atoms with Gasteiger partial charge in [-0.2, -0.15) is 5.10 Å². The maximum Gasteiger partial charge on any atom is 0.264 e. The number of fused-ring (bicyclic) bond motifs is 1. The highest BCUT2D eigenvalue weighted by molar-refractivity contribution is 7.84. The number of amides is 2. The number of hydrazone groups is 1. The van der Waals surface area contributed by atoms with Crippen molar-refractivity contribution >= 4 is 62.7 Å². The number of halogens is 1. The van der Waals surface area contributed by atoms with E-state index in [1.165, 1.54) is 6.07 Å². The summed E-state index contributed by atoms with van der Waals surface area (Å²) in [6, 6.07) is 17.5. The molecule has 0 aromatic heterocycles. The Kier molecular flexibility index (Phi) is 8.29. The van der Waals surface area contributed by atoms with E-state index in [1.54, 1.807) is 47.7 Å². The molecule has 1 aliphatic carbocycles. The summed E-state index contributed by atoms with van der Waals surface area (Å²) in [6.07, 6.45) is 5.55.